The van der Waals surface area contributed by atoms with Crippen molar-refractivity contribution in [2.24, 2.45) is 0 Å². The van der Waals surface area contributed by atoms with E-state index < -0.39 is 0 Å². The molecule has 0 spiro atoms. The second kappa shape index (κ2) is 4.25. The maximum Gasteiger partial charge on any atom is 0.131 e. The van der Waals surface area contributed by atoms with Gasteiger partial charge in [-0.05, 0) is 30.2 Å². The lowest BCUT2D eigenvalue weighted by molar-refractivity contribution is 0.945. The molecule has 4 rings (SSSR count). The Morgan fingerprint density at radius 3 is 2.71 bits per heavy atom. The summed E-state index contributed by atoms with van der Waals surface area (Å²) in [6.45, 7) is 5.27. The zero-order valence-corrected chi connectivity index (χ0v) is 12.4. The van der Waals surface area contributed by atoms with Crippen LogP contribution in [0.1, 0.15) is 5.56 Å². The monoisotopic (exact) mass is 278 g/mol. The van der Waals surface area contributed by atoms with Gasteiger partial charge in [-0.1, -0.05) is 18.7 Å². The van der Waals surface area contributed by atoms with Crippen molar-refractivity contribution in [2.45, 2.75) is 6.42 Å². The molecular formula is C17H18N4. The molecule has 0 saturated heterocycles. The third-order valence-corrected chi connectivity index (χ3v) is 4.39. The largest absolute Gasteiger partial charge is 0.359 e. The van der Waals surface area contributed by atoms with Crippen LogP contribution in [-0.4, -0.2) is 25.6 Å². The van der Waals surface area contributed by atoms with Crippen LogP contribution in [0.4, 0.5) is 22.9 Å². The van der Waals surface area contributed by atoms with E-state index in [4.69, 9.17) is 0 Å². The van der Waals surface area contributed by atoms with E-state index in [1.54, 1.807) is 0 Å². The van der Waals surface area contributed by atoms with Gasteiger partial charge in [0.2, 0.25) is 0 Å². The van der Waals surface area contributed by atoms with Gasteiger partial charge in [0.1, 0.15) is 11.6 Å². The van der Waals surface area contributed by atoms with Crippen LogP contribution in [0.5, 0.6) is 0 Å². The average molecular weight is 278 g/mol. The maximum absolute atomic E-state index is 4.64. The number of pyridine rings is 1. The third kappa shape index (κ3) is 1.65. The number of aromatic nitrogens is 1. The van der Waals surface area contributed by atoms with Crippen LogP contribution < -0.4 is 14.7 Å². The second-order valence-electron chi connectivity index (χ2n) is 5.65. The van der Waals surface area contributed by atoms with E-state index in [-0.39, 0.29) is 0 Å². The molecule has 0 radical (unpaired) electrons. The van der Waals surface area contributed by atoms with Crippen molar-refractivity contribution in [1.82, 2.24) is 4.98 Å². The average Bonchev–Trinajstić information content (AvgIpc) is 2.99. The Labute approximate surface area is 124 Å². The van der Waals surface area contributed by atoms with Crippen molar-refractivity contribution in [1.29, 1.82) is 0 Å². The summed E-state index contributed by atoms with van der Waals surface area (Å²) in [7, 11) is 4.14. The fourth-order valence-corrected chi connectivity index (χ4v) is 3.19. The fourth-order valence-electron chi connectivity index (χ4n) is 3.19. The first-order chi connectivity index (χ1) is 10.2. The van der Waals surface area contributed by atoms with Crippen LogP contribution in [0.3, 0.4) is 0 Å². The third-order valence-electron chi connectivity index (χ3n) is 4.39. The summed E-state index contributed by atoms with van der Waals surface area (Å²) in [6.07, 6.45) is 3.01. The molecule has 2 aromatic rings. The van der Waals surface area contributed by atoms with Crippen molar-refractivity contribution in [3.63, 3.8) is 0 Å². The number of rotatable bonds is 1. The van der Waals surface area contributed by atoms with Crippen molar-refractivity contribution in [3.05, 3.63) is 54.5 Å². The zero-order valence-electron chi connectivity index (χ0n) is 12.4. The molecule has 0 atom stereocenters. The standard InChI is InChI=1S/C17H18N4/c1-12-20(3)15-6-4-5-7-16(15)21(12)14-10-13-8-9-19(2)17(13)18-11-14/h4-7,10-11H,1,8-9H2,2-3H3. The molecule has 1 aromatic carbocycles. The first-order valence-corrected chi connectivity index (χ1v) is 7.18. The summed E-state index contributed by atoms with van der Waals surface area (Å²) in [6, 6.07) is 10.6. The first kappa shape index (κ1) is 12.3. The minimum atomic E-state index is 0.962. The molecule has 0 amide bonds. The van der Waals surface area contributed by atoms with E-state index in [0.717, 1.165) is 36.0 Å². The molecule has 0 aliphatic carbocycles. The van der Waals surface area contributed by atoms with Crippen LogP contribution in [0.25, 0.3) is 0 Å². The molecule has 106 valence electrons. The quantitative estimate of drug-likeness (QED) is 0.799. The normalized spacial score (nSPS) is 16.5. The molecule has 1 aromatic heterocycles. The number of anilines is 4. The van der Waals surface area contributed by atoms with Gasteiger partial charge in [-0.2, -0.15) is 0 Å². The number of nitrogens with zero attached hydrogens (tertiary/aromatic N) is 4. The molecule has 0 fully saturated rings. The van der Waals surface area contributed by atoms with Gasteiger partial charge in [0.15, 0.2) is 0 Å². The topological polar surface area (TPSA) is 22.6 Å². The Kier molecular flexibility index (Phi) is 2.48. The molecule has 2 aliphatic heterocycles. The van der Waals surface area contributed by atoms with Crippen molar-refractivity contribution < 1.29 is 0 Å². The Morgan fingerprint density at radius 1 is 1.14 bits per heavy atom. The predicted molar refractivity (Wildman–Crippen MR) is 87.3 cm³/mol. The summed E-state index contributed by atoms with van der Waals surface area (Å²) >= 11 is 0. The summed E-state index contributed by atoms with van der Waals surface area (Å²) in [5.41, 5.74) is 4.75. The van der Waals surface area contributed by atoms with Crippen LogP contribution in [-0.2, 0) is 6.42 Å². The molecule has 0 unspecified atom stereocenters. The van der Waals surface area contributed by atoms with Crippen LogP contribution in [0, 0.1) is 0 Å². The van der Waals surface area contributed by atoms with E-state index in [0.29, 0.717) is 0 Å². The van der Waals surface area contributed by atoms with Crippen LogP contribution in [0.15, 0.2) is 48.9 Å². The molecule has 21 heavy (non-hydrogen) atoms. The van der Waals surface area contributed by atoms with Crippen molar-refractivity contribution in [3.8, 4) is 0 Å². The second-order valence-corrected chi connectivity index (χ2v) is 5.65. The smallest absolute Gasteiger partial charge is 0.131 e. The van der Waals surface area contributed by atoms with Crippen LogP contribution >= 0.6 is 0 Å². The number of hydrogen-bond donors (Lipinski definition) is 0. The van der Waals surface area contributed by atoms with Gasteiger partial charge in [-0.25, -0.2) is 4.98 Å². The lowest BCUT2D eigenvalue weighted by atomic mass is 10.2. The summed E-state index contributed by atoms with van der Waals surface area (Å²) < 4.78 is 0. The summed E-state index contributed by atoms with van der Waals surface area (Å²) in [5.74, 6) is 2.06. The first-order valence-electron chi connectivity index (χ1n) is 7.18. The van der Waals surface area contributed by atoms with Gasteiger partial charge < -0.3 is 9.80 Å². The molecule has 0 bridgehead atoms. The number of fused-ring (bicyclic) bond motifs is 2. The van der Waals surface area contributed by atoms with E-state index in [9.17, 15) is 0 Å². The van der Waals surface area contributed by atoms with Gasteiger partial charge in [0, 0.05) is 20.6 Å². The number of likely N-dealkylation sites (N-methyl/N-ethyl adjacent to an activating group) is 1. The van der Waals surface area contributed by atoms with Crippen LogP contribution in [0.2, 0.25) is 0 Å². The van der Waals surface area contributed by atoms with E-state index in [2.05, 4.69) is 70.7 Å². The fraction of sp³-hybridized carbons (Fsp3) is 0.235. The summed E-state index contributed by atoms with van der Waals surface area (Å²) in [5, 5.41) is 0. The number of benzene rings is 1. The maximum atomic E-state index is 4.64. The van der Waals surface area contributed by atoms with Crippen molar-refractivity contribution in [2.75, 3.05) is 35.3 Å². The molecule has 4 nitrogen and oxygen atoms in total. The minimum absolute atomic E-state index is 0.962. The van der Waals surface area contributed by atoms with Gasteiger partial charge in [-0.3, -0.25) is 4.90 Å². The molecular weight excluding hydrogens is 260 g/mol. The van der Waals surface area contributed by atoms with E-state index in [1.807, 2.05) is 6.20 Å². The van der Waals surface area contributed by atoms with Crippen molar-refractivity contribution >= 4 is 22.9 Å². The highest BCUT2D eigenvalue weighted by Gasteiger charge is 2.29. The molecule has 3 heterocycles. The van der Waals surface area contributed by atoms with Gasteiger partial charge in [-0.15, -0.1) is 0 Å². The molecule has 2 aliphatic rings. The predicted octanol–water partition coefficient (Wildman–Crippen LogP) is 3.13. The van der Waals surface area contributed by atoms with E-state index >= 15 is 0 Å². The Hall–Kier alpha value is -2.49. The Bertz CT molecular complexity index is 737. The summed E-state index contributed by atoms with van der Waals surface area (Å²) in [4.78, 5) is 11.1. The number of para-hydroxylation sites is 2. The lowest BCUT2D eigenvalue weighted by Crippen LogP contribution is -2.20. The number of hydrogen-bond acceptors (Lipinski definition) is 4. The molecule has 0 saturated carbocycles. The highest BCUT2D eigenvalue weighted by atomic mass is 15.4. The minimum Gasteiger partial charge on any atom is -0.359 e. The van der Waals surface area contributed by atoms with Gasteiger partial charge >= 0.3 is 0 Å². The Morgan fingerprint density at radius 2 is 1.90 bits per heavy atom. The highest BCUT2D eigenvalue weighted by Crippen LogP contribution is 2.45. The van der Waals surface area contributed by atoms with Gasteiger partial charge in [0.05, 0.1) is 23.3 Å². The Balaban J connectivity index is 1.83. The van der Waals surface area contributed by atoms with Gasteiger partial charge in [0.25, 0.3) is 0 Å². The van der Waals surface area contributed by atoms with E-state index in [1.165, 1.54) is 11.3 Å². The SMILES string of the molecule is C=C1N(C)c2ccccc2N1c1cnc2c(c1)CCN2C. The zero-order chi connectivity index (χ0) is 14.6. The lowest BCUT2D eigenvalue weighted by Gasteiger charge is -2.22. The molecule has 0 N–H and O–H groups in total. The molecule has 4 heteroatoms. The highest BCUT2D eigenvalue weighted by molar-refractivity contribution is 5.88.